The number of Topliss-reactive ketones (excluding diaryl/α,β-unsaturated/α-hetero) is 1. The molecule has 2 aliphatic rings. The van der Waals surface area contributed by atoms with Crippen LogP contribution < -0.4 is 4.90 Å². The monoisotopic (exact) mass is 582 g/mol. The summed E-state index contributed by atoms with van der Waals surface area (Å²) >= 11 is 0. The molecule has 216 valence electrons. The maximum atomic E-state index is 13.4. The molecule has 1 saturated heterocycles. The molecule has 3 heterocycles. The number of fused-ring (bicyclic) bond motifs is 2. The lowest BCUT2D eigenvalue weighted by atomic mass is 9.87. The summed E-state index contributed by atoms with van der Waals surface area (Å²) < 4.78 is 32.3. The predicted octanol–water partition coefficient (Wildman–Crippen LogP) is 5.51. The van der Waals surface area contributed by atoms with E-state index < -0.39 is 23.3 Å². The van der Waals surface area contributed by atoms with Crippen molar-refractivity contribution < 1.29 is 17.9 Å². The fourth-order valence-corrected chi connectivity index (χ4v) is 8.99. The molecule has 0 amide bonds. The maximum absolute atomic E-state index is 13.4. The Hall–Kier alpha value is -2.56. The Kier molecular flexibility index (Phi) is 7.07. The van der Waals surface area contributed by atoms with Gasteiger partial charge in [0, 0.05) is 68.2 Å². The van der Waals surface area contributed by atoms with E-state index in [4.69, 9.17) is 14.7 Å². The zero-order valence-electron chi connectivity index (χ0n) is 25.0. The summed E-state index contributed by atoms with van der Waals surface area (Å²) in [6, 6.07) is 9.20. The summed E-state index contributed by atoms with van der Waals surface area (Å²) in [6.45, 7) is 17.2. The normalized spacial score (nSPS) is 23.1. The molecule has 1 saturated carbocycles. The van der Waals surface area contributed by atoms with E-state index in [1.807, 2.05) is 43.7 Å². The number of carbonyl (C=O) groups excluding carboxylic acids is 1. The first-order valence-corrected chi connectivity index (χ1v) is 19.7. The van der Waals surface area contributed by atoms with Crippen LogP contribution in [0, 0.1) is 16.7 Å². The van der Waals surface area contributed by atoms with Crippen LogP contribution in [0.5, 0.6) is 0 Å². The molecule has 1 aliphatic heterocycles. The van der Waals surface area contributed by atoms with Gasteiger partial charge in [0.1, 0.15) is 12.2 Å². The minimum absolute atomic E-state index is 0.0171. The molecule has 8 nitrogen and oxygen atoms in total. The summed E-state index contributed by atoms with van der Waals surface area (Å²) in [7, 11) is -4.25. The van der Waals surface area contributed by atoms with E-state index in [1.165, 1.54) is 6.26 Å². The highest BCUT2D eigenvalue weighted by Crippen LogP contribution is 2.61. The van der Waals surface area contributed by atoms with Gasteiger partial charge in [-0.05, 0) is 18.2 Å². The highest BCUT2D eigenvalue weighted by atomic mass is 32.2. The average Bonchev–Trinajstić information content (AvgIpc) is 3.11. The number of aromatic nitrogens is 3. The van der Waals surface area contributed by atoms with E-state index in [9.17, 15) is 13.2 Å². The molecule has 5 rings (SSSR count). The lowest BCUT2D eigenvalue weighted by Gasteiger charge is -2.24. The number of benzene rings is 1. The van der Waals surface area contributed by atoms with E-state index >= 15 is 0 Å². The van der Waals surface area contributed by atoms with Gasteiger partial charge in [-0.25, -0.2) is 18.4 Å². The molecule has 3 aromatic rings. The van der Waals surface area contributed by atoms with Crippen LogP contribution in [0.1, 0.15) is 38.1 Å². The number of anilines is 1. The van der Waals surface area contributed by atoms with E-state index in [1.54, 1.807) is 6.20 Å². The van der Waals surface area contributed by atoms with Crippen molar-refractivity contribution in [2.75, 3.05) is 30.9 Å². The van der Waals surface area contributed by atoms with Gasteiger partial charge >= 0.3 is 0 Å². The third-order valence-electron chi connectivity index (χ3n) is 8.39. The van der Waals surface area contributed by atoms with E-state index in [-0.39, 0.29) is 22.4 Å². The van der Waals surface area contributed by atoms with E-state index in [0.717, 1.165) is 23.8 Å². The Morgan fingerprint density at radius 3 is 2.55 bits per heavy atom. The van der Waals surface area contributed by atoms with Crippen LogP contribution in [-0.4, -0.2) is 68.0 Å². The molecule has 0 radical (unpaired) electrons. The van der Waals surface area contributed by atoms with Crippen LogP contribution in [0.25, 0.3) is 22.4 Å². The summed E-state index contributed by atoms with van der Waals surface area (Å²) in [5, 5.41) is -0.241. The van der Waals surface area contributed by atoms with Crippen LogP contribution >= 0.6 is 0 Å². The molecule has 10 heteroatoms. The lowest BCUT2D eigenvalue weighted by molar-refractivity contribution is 0.0849. The van der Waals surface area contributed by atoms with Crippen molar-refractivity contribution in [2.24, 2.45) is 16.7 Å². The van der Waals surface area contributed by atoms with Crippen molar-refractivity contribution in [3.05, 3.63) is 42.2 Å². The number of piperidine rings is 1. The molecule has 1 aliphatic carbocycles. The van der Waals surface area contributed by atoms with Gasteiger partial charge in [-0.1, -0.05) is 59.5 Å². The molecule has 0 spiro atoms. The minimum atomic E-state index is -3.04. The topological polar surface area (TPSA) is 94.4 Å². The Bertz CT molecular complexity index is 1570. The van der Waals surface area contributed by atoms with Crippen molar-refractivity contribution >= 4 is 40.5 Å². The van der Waals surface area contributed by atoms with Gasteiger partial charge in [0.05, 0.1) is 22.7 Å². The second kappa shape index (κ2) is 9.77. The third kappa shape index (κ3) is 5.50. The molecule has 1 aromatic carbocycles. The number of ketones is 1. The van der Waals surface area contributed by atoms with Crippen molar-refractivity contribution in [1.29, 1.82) is 0 Å². The summed E-state index contributed by atoms with van der Waals surface area (Å²) in [6.07, 6.45) is 4.95. The first-order valence-electron chi connectivity index (χ1n) is 14.0. The SMILES string of the molecule is CC(C)(C)C(=O)c1cn(COCC[Si](C)(C)C)c2ncc(-c3cccc(N4C[C@@H]5[C@@H](S(C)(=O)=O)[C@]5(C)C4)c3)nc12. The summed E-state index contributed by atoms with van der Waals surface area (Å²) in [5.74, 6) is 0.185. The Morgan fingerprint density at radius 2 is 1.95 bits per heavy atom. The molecule has 3 atom stereocenters. The molecule has 2 fully saturated rings. The van der Waals surface area contributed by atoms with E-state index in [0.29, 0.717) is 42.3 Å². The van der Waals surface area contributed by atoms with Crippen molar-refractivity contribution in [3.8, 4) is 11.3 Å². The van der Waals surface area contributed by atoms with Gasteiger partial charge in [-0.15, -0.1) is 0 Å². The maximum Gasteiger partial charge on any atom is 0.171 e. The average molecular weight is 583 g/mol. The summed E-state index contributed by atoms with van der Waals surface area (Å²) in [4.78, 5) is 25.4. The molecule has 2 aromatic heterocycles. The number of hydrogen-bond acceptors (Lipinski definition) is 7. The quantitative estimate of drug-likeness (QED) is 0.187. The van der Waals surface area contributed by atoms with E-state index in [2.05, 4.69) is 43.6 Å². The molecule has 0 N–H and O–H groups in total. The van der Waals surface area contributed by atoms with Gasteiger partial charge in [-0.3, -0.25) is 4.79 Å². The number of rotatable bonds is 9. The highest BCUT2D eigenvalue weighted by Gasteiger charge is 2.70. The first kappa shape index (κ1) is 28.9. The van der Waals surface area contributed by atoms with Crippen molar-refractivity contribution in [2.45, 2.75) is 65.4 Å². The fraction of sp³-hybridized carbons (Fsp3) is 0.567. The van der Waals surface area contributed by atoms with Crippen LogP contribution in [0.4, 0.5) is 5.69 Å². The Morgan fingerprint density at radius 1 is 1.23 bits per heavy atom. The number of sulfone groups is 1. The smallest absolute Gasteiger partial charge is 0.171 e. The lowest BCUT2D eigenvalue weighted by Crippen LogP contribution is -2.30. The Labute approximate surface area is 239 Å². The second-order valence-corrected chi connectivity index (χ2v) is 21.9. The molecular formula is C30H42N4O4SSi. The van der Waals surface area contributed by atoms with Crippen LogP contribution in [0.15, 0.2) is 36.7 Å². The predicted molar refractivity (Wildman–Crippen MR) is 163 cm³/mol. The Balaban J connectivity index is 1.43. The number of hydrogen-bond donors (Lipinski definition) is 0. The highest BCUT2D eigenvalue weighted by molar-refractivity contribution is 7.91. The van der Waals surface area contributed by atoms with Gasteiger partial charge in [0.2, 0.25) is 0 Å². The zero-order chi connectivity index (χ0) is 29.3. The van der Waals surface area contributed by atoms with Crippen LogP contribution in [-0.2, 0) is 21.3 Å². The molecular weight excluding hydrogens is 541 g/mol. The molecule has 0 unspecified atom stereocenters. The number of ether oxygens (including phenoxy) is 1. The first-order chi connectivity index (χ1) is 18.5. The van der Waals surface area contributed by atoms with Crippen LogP contribution in [0.3, 0.4) is 0 Å². The largest absolute Gasteiger partial charge is 0.371 e. The van der Waals surface area contributed by atoms with Gasteiger partial charge in [0.15, 0.2) is 21.3 Å². The van der Waals surface area contributed by atoms with Crippen molar-refractivity contribution in [1.82, 2.24) is 14.5 Å². The summed E-state index contributed by atoms with van der Waals surface area (Å²) in [5.41, 5.74) is 3.67. The van der Waals surface area contributed by atoms with Gasteiger partial charge in [0.25, 0.3) is 0 Å². The third-order valence-corrected chi connectivity index (χ3v) is 11.9. The number of nitrogens with zero attached hydrogens (tertiary/aromatic N) is 4. The van der Waals surface area contributed by atoms with Crippen molar-refractivity contribution in [3.63, 3.8) is 0 Å². The molecule has 40 heavy (non-hydrogen) atoms. The fourth-order valence-electron chi connectivity index (χ4n) is 6.09. The minimum Gasteiger partial charge on any atom is -0.371 e. The van der Waals surface area contributed by atoms with Gasteiger partial charge < -0.3 is 14.2 Å². The molecule has 0 bridgehead atoms. The van der Waals surface area contributed by atoms with Gasteiger partial charge in [-0.2, -0.15) is 0 Å². The second-order valence-electron chi connectivity index (χ2n) is 14.2. The number of carbonyl (C=O) groups is 1. The van der Waals surface area contributed by atoms with Crippen LogP contribution in [0.2, 0.25) is 25.7 Å². The zero-order valence-corrected chi connectivity index (χ0v) is 26.8. The standard InChI is InChI=1S/C30H42N4O4SSi/c1-29(2,3)26(35)22-16-34(19-38-12-13-40(6,7)8)28-25(22)32-24(15-31-28)20-10-9-11-21(14-20)33-17-23-27(39(5,36)37)30(23,4)18-33/h9-11,14-16,23,27H,12-13,17-19H2,1-8H3/t23-,27-,30-/m1/s1.